The summed E-state index contributed by atoms with van der Waals surface area (Å²) in [6.45, 7) is 2.27. The summed E-state index contributed by atoms with van der Waals surface area (Å²) in [5.74, 6) is 2.70. The number of carbonyl (C=O) groups is 1. The van der Waals surface area contributed by atoms with Crippen LogP contribution in [0.2, 0.25) is 0 Å². The number of hydrogen-bond acceptors (Lipinski definition) is 3. The second-order valence-corrected chi connectivity index (χ2v) is 9.10. The maximum Gasteiger partial charge on any atom is 0.248 e. The third kappa shape index (κ3) is 2.45. The van der Waals surface area contributed by atoms with Gasteiger partial charge in [0.05, 0.1) is 0 Å². The summed E-state index contributed by atoms with van der Waals surface area (Å²) in [6, 6.07) is 8.70. The van der Waals surface area contributed by atoms with E-state index in [1.54, 1.807) is 0 Å². The molecule has 1 amide bonds. The van der Waals surface area contributed by atoms with Crippen molar-refractivity contribution in [2.75, 3.05) is 20.2 Å². The van der Waals surface area contributed by atoms with Gasteiger partial charge in [0.2, 0.25) is 5.91 Å². The van der Waals surface area contributed by atoms with Gasteiger partial charge in [0, 0.05) is 43.6 Å². The smallest absolute Gasteiger partial charge is 0.248 e. The maximum absolute atomic E-state index is 11.7. The van der Waals surface area contributed by atoms with E-state index >= 15 is 0 Å². The van der Waals surface area contributed by atoms with Gasteiger partial charge in [-0.1, -0.05) is 18.6 Å². The molecule has 0 aromatic heterocycles. The van der Waals surface area contributed by atoms with E-state index in [-0.39, 0.29) is 11.5 Å². The summed E-state index contributed by atoms with van der Waals surface area (Å²) < 4.78 is 6.33. The number of piperidine rings is 1. The number of primary amides is 1. The van der Waals surface area contributed by atoms with Gasteiger partial charge in [0.1, 0.15) is 5.60 Å². The average molecular weight is 354 g/mol. The van der Waals surface area contributed by atoms with Crippen LogP contribution in [-0.2, 0) is 10.3 Å². The van der Waals surface area contributed by atoms with Crippen LogP contribution in [0.5, 0.6) is 0 Å². The van der Waals surface area contributed by atoms with Crippen molar-refractivity contribution < 1.29 is 9.53 Å². The fourth-order valence-corrected chi connectivity index (χ4v) is 6.58. The number of nitrogens with zero attached hydrogens (tertiary/aromatic N) is 1. The fourth-order valence-electron chi connectivity index (χ4n) is 6.58. The van der Waals surface area contributed by atoms with Crippen molar-refractivity contribution in [1.29, 1.82) is 0 Å². The minimum Gasteiger partial charge on any atom is -0.373 e. The molecule has 4 aliphatic rings. The van der Waals surface area contributed by atoms with Crippen LogP contribution in [-0.4, -0.2) is 37.0 Å². The number of carbonyl (C=O) groups excluding carboxylic acids is 1. The van der Waals surface area contributed by atoms with Gasteiger partial charge in [0.25, 0.3) is 0 Å². The number of benzene rings is 1. The first-order chi connectivity index (χ1) is 12.6. The summed E-state index contributed by atoms with van der Waals surface area (Å²) >= 11 is 0. The fraction of sp³-hybridized carbons (Fsp3) is 0.682. The maximum atomic E-state index is 11.7. The molecule has 4 heteroatoms. The Kier molecular flexibility index (Phi) is 3.91. The summed E-state index contributed by atoms with van der Waals surface area (Å²) in [7, 11) is 1.86. The molecule has 1 saturated heterocycles. The lowest BCUT2D eigenvalue weighted by atomic mass is 9.62. The molecule has 2 bridgehead atoms. The molecule has 2 unspecified atom stereocenters. The number of hydrogen-bond donors (Lipinski definition) is 1. The number of ether oxygens (including phenoxy) is 1. The largest absolute Gasteiger partial charge is 0.373 e. The van der Waals surface area contributed by atoms with Gasteiger partial charge in [-0.2, -0.15) is 0 Å². The molecule has 1 heterocycles. The van der Waals surface area contributed by atoms with E-state index in [4.69, 9.17) is 10.5 Å². The first kappa shape index (κ1) is 16.8. The lowest BCUT2D eigenvalue weighted by Crippen LogP contribution is -2.60. The average Bonchev–Trinajstić information content (AvgIpc) is 3.25. The van der Waals surface area contributed by atoms with Crippen LogP contribution in [0.25, 0.3) is 0 Å². The van der Waals surface area contributed by atoms with E-state index < -0.39 is 0 Å². The molecule has 1 aromatic rings. The lowest BCUT2D eigenvalue weighted by Gasteiger charge is -2.56. The predicted octanol–water partition coefficient (Wildman–Crippen LogP) is 3.16. The van der Waals surface area contributed by atoms with Crippen molar-refractivity contribution in [1.82, 2.24) is 4.90 Å². The molecule has 0 spiro atoms. The quantitative estimate of drug-likeness (QED) is 0.904. The molecule has 4 nitrogen and oxygen atoms in total. The lowest BCUT2D eigenvalue weighted by molar-refractivity contribution is -0.174. The van der Waals surface area contributed by atoms with Gasteiger partial charge in [0.15, 0.2) is 0 Å². The highest BCUT2D eigenvalue weighted by Crippen LogP contribution is 2.56. The molecule has 1 aliphatic heterocycles. The second kappa shape index (κ2) is 6.07. The Hall–Kier alpha value is -1.39. The van der Waals surface area contributed by atoms with Crippen LogP contribution in [0.3, 0.4) is 0 Å². The number of likely N-dealkylation sites (tertiary alicyclic amines) is 1. The molecule has 5 rings (SSSR count). The van der Waals surface area contributed by atoms with Gasteiger partial charge in [-0.05, 0) is 61.6 Å². The van der Waals surface area contributed by atoms with Crippen LogP contribution in [0.15, 0.2) is 24.3 Å². The summed E-state index contributed by atoms with van der Waals surface area (Å²) in [4.78, 5) is 14.5. The molecule has 5 atom stereocenters. The number of methoxy groups -OCH3 is 1. The molecule has 4 fully saturated rings. The standard InChI is InChI=1S/C22H30N2O2/c1-26-22(17-5-2-4-14(9-17)21(23)25)18-6-3-7-19(22)13-24(12-18)20-10-15-8-16(15)11-20/h2,4-5,9,15-16,18-20H,3,6-8,10-13H2,1H3,(H2,23,25)/t15-,16+,18?,19?,20+,22?. The number of fused-ring (bicyclic) bond motifs is 3. The normalized spacial score (nSPS) is 41.7. The molecule has 3 saturated carbocycles. The van der Waals surface area contributed by atoms with Crippen LogP contribution in [0, 0.1) is 23.7 Å². The highest BCUT2D eigenvalue weighted by atomic mass is 16.5. The number of rotatable bonds is 4. The Balaban J connectivity index is 1.46. The molecule has 140 valence electrons. The Morgan fingerprint density at radius 2 is 1.85 bits per heavy atom. The van der Waals surface area contributed by atoms with Crippen molar-refractivity contribution in [3.05, 3.63) is 35.4 Å². The van der Waals surface area contributed by atoms with Crippen LogP contribution >= 0.6 is 0 Å². The van der Waals surface area contributed by atoms with Crippen molar-refractivity contribution in [3.63, 3.8) is 0 Å². The first-order valence-electron chi connectivity index (χ1n) is 10.3. The molecule has 3 aliphatic carbocycles. The second-order valence-electron chi connectivity index (χ2n) is 9.10. The van der Waals surface area contributed by atoms with Crippen LogP contribution < -0.4 is 5.73 Å². The Labute approximate surface area is 156 Å². The molecule has 1 aromatic carbocycles. The van der Waals surface area contributed by atoms with Crippen molar-refractivity contribution in [2.24, 2.45) is 29.4 Å². The first-order valence-corrected chi connectivity index (χ1v) is 10.3. The summed E-state index contributed by atoms with van der Waals surface area (Å²) in [5, 5.41) is 0. The number of nitrogens with two attached hydrogens (primary N) is 1. The van der Waals surface area contributed by atoms with Crippen molar-refractivity contribution >= 4 is 5.91 Å². The van der Waals surface area contributed by atoms with Gasteiger partial charge >= 0.3 is 0 Å². The van der Waals surface area contributed by atoms with Gasteiger partial charge in [-0.15, -0.1) is 0 Å². The Bertz CT molecular complexity index is 694. The summed E-state index contributed by atoms with van der Waals surface area (Å²) in [6.07, 6.45) is 8.03. The molecular formula is C22H30N2O2. The van der Waals surface area contributed by atoms with E-state index in [0.29, 0.717) is 17.4 Å². The van der Waals surface area contributed by atoms with E-state index in [1.165, 1.54) is 38.5 Å². The molecule has 26 heavy (non-hydrogen) atoms. The van der Waals surface area contributed by atoms with E-state index in [1.807, 2.05) is 25.3 Å². The minimum atomic E-state index is -0.356. The molecular weight excluding hydrogens is 324 g/mol. The topological polar surface area (TPSA) is 55.6 Å². The van der Waals surface area contributed by atoms with E-state index in [0.717, 1.165) is 36.5 Å². The zero-order chi connectivity index (χ0) is 17.9. The molecule has 2 N–H and O–H groups in total. The van der Waals surface area contributed by atoms with E-state index in [2.05, 4.69) is 11.0 Å². The zero-order valence-corrected chi connectivity index (χ0v) is 15.7. The van der Waals surface area contributed by atoms with Crippen molar-refractivity contribution in [2.45, 2.75) is 50.2 Å². The van der Waals surface area contributed by atoms with Crippen molar-refractivity contribution in [3.8, 4) is 0 Å². The Morgan fingerprint density at radius 3 is 2.46 bits per heavy atom. The monoisotopic (exact) mass is 354 g/mol. The predicted molar refractivity (Wildman–Crippen MR) is 101 cm³/mol. The minimum absolute atomic E-state index is 0.262. The van der Waals surface area contributed by atoms with Gasteiger partial charge in [-0.3, -0.25) is 9.69 Å². The third-order valence-corrected chi connectivity index (χ3v) is 7.90. The van der Waals surface area contributed by atoms with Gasteiger partial charge in [-0.25, -0.2) is 0 Å². The SMILES string of the molecule is COC1(c2cccc(C(N)=O)c2)C2CCCC1CN([C@H]1C[C@H]3C[C@H]3C1)C2. The highest BCUT2D eigenvalue weighted by molar-refractivity contribution is 5.92. The number of amides is 1. The van der Waals surface area contributed by atoms with Crippen LogP contribution in [0.4, 0.5) is 0 Å². The Morgan fingerprint density at radius 1 is 1.15 bits per heavy atom. The highest BCUT2D eigenvalue weighted by Gasteiger charge is 2.56. The summed E-state index contributed by atoms with van der Waals surface area (Å²) in [5.41, 5.74) is 7.03. The van der Waals surface area contributed by atoms with Gasteiger partial charge < -0.3 is 10.5 Å². The zero-order valence-electron chi connectivity index (χ0n) is 15.7. The van der Waals surface area contributed by atoms with E-state index in [9.17, 15) is 4.79 Å². The molecule has 0 radical (unpaired) electrons. The third-order valence-electron chi connectivity index (χ3n) is 7.90. The van der Waals surface area contributed by atoms with Crippen LogP contribution in [0.1, 0.15) is 54.4 Å².